The quantitative estimate of drug-likeness (QED) is 0.770. The van der Waals surface area contributed by atoms with Crippen LogP contribution in [0, 0.1) is 24.2 Å². The predicted molar refractivity (Wildman–Crippen MR) is 79.5 cm³/mol. The van der Waals surface area contributed by atoms with Crippen LogP contribution in [0.25, 0.3) is 10.9 Å². The minimum absolute atomic E-state index is 0.579. The molecule has 4 rings (SSSR count). The van der Waals surface area contributed by atoms with Gasteiger partial charge in [0.25, 0.3) is 0 Å². The molecule has 0 spiro atoms. The first-order valence-electron chi connectivity index (χ1n) is 7.18. The third-order valence-corrected chi connectivity index (χ3v) is 5.41. The highest BCUT2D eigenvalue weighted by Gasteiger charge is 2.61. The predicted octanol–water partition coefficient (Wildman–Crippen LogP) is 3.64. The number of hydrogen-bond donors (Lipinski definition) is 0. The van der Waals surface area contributed by atoms with E-state index in [1.54, 1.807) is 0 Å². The molecule has 0 N–H and O–H groups in total. The average Bonchev–Trinajstić information content (AvgIpc) is 2.80. The minimum Gasteiger partial charge on any atom is -0.370 e. The van der Waals surface area contributed by atoms with E-state index in [-0.39, 0.29) is 0 Å². The Balaban J connectivity index is 1.75. The van der Waals surface area contributed by atoms with Crippen molar-refractivity contribution in [2.24, 2.45) is 17.3 Å². The van der Waals surface area contributed by atoms with Gasteiger partial charge in [-0.3, -0.25) is 4.98 Å². The molecule has 1 saturated carbocycles. The van der Waals surface area contributed by atoms with Gasteiger partial charge in [-0.1, -0.05) is 32.0 Å². The van der Waals surface area contributed by atoms with Crippen molar-refractivity contribution in [3.8, 4) is 0 Å². The van der Waals surface area contributed by atoms with E-state index in [1.165, 1.54) is 29.7 Å². The topological polar surface area (TPSA) is 16.1 Å². The molecule has 2 fully saturated rings. The van der Waals surface area contributed by atoms with Gasteiger partial charge in [0.1, 0.15) is 0 Å². The van der Waals surface area contributed by atoms with Crippen molar-refractivity contribution >= 4 is 16.6 Å². The molecule has 1 saturated heterocycles. The molecule has 2 atom stereocenters. The maximum Gasteiger partial charge on any atom is 0.0751 e. The average molecular weight is 252 g/mol. The highest BCUT2D eigenvalue weighted by molar-refractivity contribution is 5.93. The summed E-state index contributed by atoms with van der Waals surface area (Å²) in [4.78, 5) is 7.10. The van der Waals surface area contributed by atoms with Gasteiger partial charge in [-0.2, -0.15) is 0 Å². The van der Waals surface area contributed by atoms with Crippen LogP contribution in [-0.4, -0.2) is 18.1 Å². The van der Waals surface area contributed by atoms with Gasteiger partial charge >= 0.3 is 0 Å². The number of nitrogens with zero attached hydrogens (tertiary/aromatic N) is 2. The van der Waals surface area contributed by atoms with Gasteiger partial charge in [0.15, 0.2) is 0 Å². The van der Waals surface area contributed by atoms with Crippen molar-refractivity contribution in [3.63, 3.8) is 0 Å². The van der Waals surface area contributed by atoms with Crippen molar-refractivity contribution in [3.05, 3.63) is 36.0 Å². The zero-order valence-corrected chi connectivity index (χ0v) is 11.9. The zero-order valence-electron chi connectivity index (χ0n) is 11.9. The number of piperidine rings is 1. The number of hydrogen-bond acceptors (Lipinski definition) is 2. The second-order valence-corrected chi connectivity index (χ2v) is 6.74. The van der Waals surface area contributed by atoms with Crippen LogP contribution in [0.5, 0.6) is 0 Å². The molecule has 2 aliphatic rings. The van der Waals surface area contributed by atoms with Gasteiger partial charge in [-0.25, -0.2) is 0 Å². The number of para-hydroxylation sites is 1. The Hall–Kier alpha value is -1.57. The van der Waals surface area contributed by atoms with Crippen LogP contribution in [-0.2, 0) is 0 Å². The fourth-order valence-electron chi connectivity index (χ4n) is 3.91. The number of pyridine rings is 1. The maximum absolute atomic E-state index is 4.54. The first-order chi connectivity index (χ1) is 9.09. The van der Waals surface area contributed by atoms with Crippen LogP contribution in [0.1, 0.15) is 19.4 Å². The lowest BCUT2D eigenvalue weighted by atomic mass is 10.0. The van der Waals surface area contributed by atoms with Crippen molar-refractivity contribution < 1.29 is 0 Å². The van der Waals surface area contributed by atoms with Crippen LogP contribution in [0.2, 0.25) is 0 Å². The zero-order chi connectivity index (χ0) is 13.2. The summed E-state index contributed by atoms with van der Waals surface area (Å²) in [6.45, 7) is 9.39. The molecule has 1 aliphatic carbocycles. The summed E-state index contributed by atoms with van der Waals surface area (Å²) < 4.78 is 0. The second-order valence-electron chi connectivity index (χ2n) is 6.74. The molecular formula is C17H20N2. The number of benzene rings is 1. The summed E-state index contributed by atoms with van der Waals surface area (Å²) in [5.74, 6) is 1.78. The van der Waals surface area contributed by atoms with E-state index in [4.69, 9.17) is 0 Å². The molecule has 2 aromatic rings. The smallest absolute Gasteiger partial charge is 0.0751 e. The second kappa shape index (κ2) is 3.50. The summed E-state index contributed by atoms with van der Waals surface area (Å²) >= 11 is 0. The Morgan fingerprint density at radius 3 is 2.63 bits per heavy atom. The van der Waals surface area contributed by atoms with E-state index in [9.17, 15) is 0 Å². The number of fused-ring (bicyclic) bond motifs is 2. The normalized spacial score (nSPS) is 27.6. The molecule has 0 radical (unpaired) electrons. The molecular weight excluding hydrogens is 232 g/mol. The summed E-state index contributed by atoms with van der Waals surface area (Å²) in [5.41, 5.74) is 4.37. The lowest BCUT2D eigenvalue weighted by Crippen LogP contribution is -2.26. The number of anilines is 1. The van der Waals surface area contributed by atoms with E-state index in [0.29, 0.717) is 5.41 Å². The van der Waals surface area contributed by atoms with E-state index >= 15 is 0 Å². The van der Waals surface area contributed by atoms with Crippen LogP contribution in [0.15, 0.2) is 30.5 Å². The van der Waals surface area contributed by atoms with Crippen LogP contribution in [0.3, 0.4) is 0 Å². The molecule has 0 bridgehead atoms. The molecule has 2 heterocycles. The van der Waals surface area contributed by atoms with Gasteiger partial charge in [0.05, 0.1) is 5.52 Å². The Morgan fingerprint density at radius 2 is 1.89 bits per heavy atom. The van der Waals surface area contributed by atoms with Gasteiger partial charge in [0.2, 0.25) is 0 Å². The molecule has 2 unspecified atom stereocenters. The van der Waals surface area contributed by atoms with Crippen molar-refractivity contribution in [1.82, 2.24) is 4.98 Å². The lowest BCUT2D eigenvalue weighted by molar-refractivity contribution is 0.500. The van der Waals surface area contributed by atoms with Crippen LogP contribution >= 0.6 is 0 Å². The SMILES string of the molecule is Cc1cccc2c(N3CC4C(C3)C4(C)C)ccnc12. The Labute approximate surface area is 114 Å². The largest absolute Gasteiger partial charge is 0.370 e. The third kappa shape index (κ3) is 1.46. The number of aromatic nitrogens is 1. The van der Waals surface area contributed by atoms with E-state index < -0.39 is 0 Å². The minimum atomic E-state index is 0.579. The van der Waals surface area contributed by atoms with Crippen LogP contribution < -0.4 is 4.90 Å². The summed E-state index contributed by atoms with van der Waals surface area (Å²) in [6, 6.07) is 8.67. The van der Waals surface area contributed by atoms with Crippen molar-refractivity contribution in [2.45, 2.75) is 20.8 Å². The van der Waals surface area contributed by atoms with E-state index in [2.05, 4.69) is 54.9 Å². The molecule has 0 amide bonds. The van der Waals surface area contributed by atoms with Crippen molar-refractivity contribution in [2.75, 3.05) is 18.0 Å². The Morgan fingerprint density at radius 1 is 1.16 bits per heavy atom. The molecule has 1 aliphatic heterocycles. The Kier molecular flexibility index (Phi) is 2.08. The fraction of sp³-hybridized carbons (Fsp3) is 0.471. The molecule has 1 aromatic carbocycles. The summed E-state index contributed by atoms with van der Waals surface area (Å²) in [6.07, 6.45) is 1.96. The standard InChI is InChI=1S/C17H20N2/c1-11-5-4-6-12-15(7-8-18-16(11)12)19-9-13-14(10-19)17(13,2)3/h4-8,13-14H,9-10H2,1-3H3. The summed E-state index contributed by atoms with van der Waals surface area (Å²) in [5, 5.41) is 1.31. The Bertz CT molecular complexity index is 645. The number of rotatable bonds is 1. The van der Waals surface area contributed by atoms with E-state index in [1.807, 2.05) is 6.20 Å². The highest BCUT2D eigenvalue weighted by Crippen LogP contribution is 2.62. The van der Waals surface area contributed by atoms with Gasteiger partial charge in [0, 0.05) is 30.4 Å². The summed E-state index contributed by atoms with van der Waals surface area (Å²) in [7, 11) is 0. The van der Waals surface area contributed by atoms with Crippen molar-refractivity contribution in [1.29, 1.82) is 0 Å². The van der Waals surface area contributed by atoms with Gasteiger partial charge < -0.3 is 4.90 Å². The fourth-order valence-corrected chi connectivity index (χ4v) is 3.91. The van der Waals surface area contributed by atoms with E-state index in [0.717, 1.165) is 17.4 Å². The molecule has 2 nitrogen and oxygen atoms in total. The molecule has 98 valence electrons. The van der Waals surface area contributed by atoms with Crippen LogP contribution in [0.4, 0.5) is 5.69 Å². The molecule has 2 heteroatoms. The molecule has 19 heavy (non-hydrogen) atoms. The third-order valence-electron chi connectivity index (χ3n) is 5.41. The maximum atomic E-state index is 4.54. The van der Waals surface area contributed by atoms with Gasteiger partial charge in [-0.05, 0) is 35.8 Å². The van der Waals surface area contributed by atoms with Gasteiger partial charge in [-0.15, -0.1) is 0 Å². The monoisotopic (exact) mass is 252 g/mol. The highest BCUT2D eigenvalue weighted by atomic mass is 15.2. The number of aryl methyl sites for hydroxylation is 1. The first-order valence-corrected chi connectivity index (χ1v) is 7.18. The molecule has 1 aromatic heterocycles. The first kappa shape index (κ1) is 11.3. The lowest BCUT2D eigenvalue weighted by Gasteiger charge is -2.25.